The smallest absolute Gasteiger partial charge is 0.407 e. The fraction of sp³-hybridized carbons (Fsp3) is 0.806. The molecule has 4 rings (SSSR count). The Labute approximate surface area is 298 Å². The highest BCUT2D eigenvalue weighted by atomic mass is 16.6. The number of rotatable bonds is 8. The van der Waals surface area contributed by atoms with Crippen LogP contribution in [0.5, 0.6) is 0 Å². The largest absolute Gasteiger partial charge is 0.456 e. The van der Waals surface area contributed by atoms with Crippen molar-refractivity contribution < 1.29 is 68.1 Å². The van der Waals surface area contributed by atoms with Gasteiger partial charge in [-0.15, -0.1) is 0 Å². The molecule has 0 spiro atoms. The first kappa shape index (κ1) is 40.7. The maximum absolute atomic E-state index is 14.9. The minimum Gasteiger partial charge on any atom is -0.456 e. The van der Waals surface area contributed by atoms with Gasteiger partial charge in [-0.25, -0.2) is 9.59 Å². The van der Waals surface area contributed by atoms with Gasteiger partial charge in [0, 0.05) is 38.0 Å². The van der Waals surface area contributed by atoms with Gasteiger partial charge in [0.1, 0.15) is 23.4 Å². The molecule has 1 heterocycles. The molecule has 2 bridgehead atoms. The number of aliphatic hydroxyl groups excluding tert-OH is 3. The number of esters is 3. The Kier molecular flexibility index (Phi) is 10.9. The lowest BCUT2D eigenvalue weighted by molar-refractivity contribution is -0.346. The number of hydrogen-bond acceptors (Lipinski definition) is 14. The van der Waals surface area contributed by atoms with Crippen LogP contribution in [0.4, 0.5) is 4.79 Å². The molecule has 11 atom stereocenters. The van der Waals surface area contributed by atoms with Crippen molar-refractivity contribution in [1.29, 1.82) is 0 Å². The fourth-order valence-corrected chi connectivity index (χ4v) is 8.75. The predicted octanol–water partition coefficient (Wildman–Crippen LogP) is 1.64. The summed E-state index contributed by atoms with van der Waals surface area (Å²) in [5.74, 6) is -5.18. The highest BCUT2D eigenvalue weighted by Crippen LogP contribution is 2.63. The summed E-state index contributed by atoms with van der Waals surface area (Å²) in [5.41, 5.74) is -8.07. The van der Waals surface area contributed by atoms with Gasteiger partial charge in [0.25, 0.3) is 0 Å². The topological polar surface area (TPSA) is 224 Å². The molecule has 15 nitrogen and oxygen atoms in total. The number of nitrogens with one attached hydrogen (secondary N) is 1. The fourth-order valence-electron chi connectivity index (χ4n) is 8.75. The van der Waals surface area contributed by atoms with E-state index in [4.69, 9.17) is 23.7 Å². The first-order valence-electron chi connectivity index (χ1n) is 17.4. The lowest BCUT2D eigenvalue weighted by Crippen LogP contribution is -2.81. The highest BCUT2D eigenvalue weighted by molar-refractivity contribution is 5.95. The number of carbonyl (C=O) groups is 5. The van der Waals surface area contributed by atoms with Gasteiger partial charge in [0.05, 0.1) is 30.3 Å². The van der Waals surface area contributed by atoms with Crippen molar-refractivity contribution in [1.82, 2.24) is 5.32 Å². The zero-order valence-electron chi connectivity index (χ0n) is 31.4. The molecule has 1 aliphatic heterocycles. The number of Topliss-reactive ketones (excluding diaryl/α,β-unsaturated/α-hetero) is 1. The molecule has 3 fully saturated rings. The third-order valence-corrected chi connectivity index (χ3v) is 11.3. The quantitative estimate of drug-likeness (QED) is 0.136. The molecule has 3 aliphatic carbocycles. The zero-order chi connectivity index (χ0) is 38.8. The molecule has 5 N–H and O–H groups in total. The van der Waals surface area contributed by atoms with Crippen molar-refractivity contribution in [2.45, 2.75) is 155 Å². The Bertz CT molecular complexity index is 1470. The summed E-state index contributed by atoms with van der Waals surface area (Å²) in [6, 6.07) is -1.14. The average Bonchev–Trinajstić information content (AvgIpc) is 2.96. The normalized spacial score (nSPS) is 37.0. The van der Waals surface area contributed by atoms with Gasteiger partial charge in [0.2, 0.25) is 0 Å². The van der Waals surface area contributed by atoms with E-state index in [0.717, 1.165) is 13.8 Å². The molecule has 4 aliphatic rings. The summed E-state index contributed by atoms with van der Waals surface area (Å²) in [4.78, 5) is 66.3. The van der Waals surface area contributed by atoms with Crippen molar-refractivity contribution >= 4 is 29.8 Å². The lowest BCUT2D eigenvalue weighted by Gasteiger charge is -2.67. The maximum atomic E-state index is 14.9. The van der Waals surface area contributed by atoms with Crippen LogP contribution in [0.1, 0.15) is 95.4 Å². The second-order valence-electron chi connectivity index (χ2n) is 16.8. The van der Waals surface area contributed by atoms with Gasteiger partial charge in [-0.3, -0.25) is 14.4 Å². The maximum Gasteiger partial charge on any atom is 0.407 e. The summed E-state index contributed by atoms with van der Waals surface area (Å²) in [6.45, 7) is 16.6. The van der Waals surface area contributed by atoms with E-state index >= 15 is 0 Å². The third kappa shape index (κ3) is 6.92. The number of amides is 1. The van der Waals surface area contributed by atoms with Gasteiger partial charge in [-0.2, -0.15) is 0 Å². The summed E-state index contributed by atoms with van der Waals surface area (Å²) in [7, 11) is 0. The minimum absolute atomic E-state index is 0.0359. The Hall–Kier alpha value is -3.11. The van der Waals surface area contributed by atoms with E-state index in [2.05, 4.69) is 5.32 Å². The SMILES string of the molecule is CC(=O)OC1C(=O)C2(C)C(O)CC3OC[C@@]3(OC(C)=O)C2[C@H](O)C2(O)C[C@H](OC(=O)C(O)C(CC(C)C)NC(=O)OC(C)(C)C)C(C)=C1C2(C)C. The Morgan fingerprint density at radius 1 is 1.04 bits per heavy atom. The van der Waals surface area contributed by atoms with E-state index in [0.29, 0.717) is 0 Å². The number of hydrogen-bond donors (Lipinski definition) is 5. The van der Waals surface area contributed by atoms with Crippen molar-refractivity contribution in [2.75, 3.05) is 6.61 Å². The summed E-state index contributed by atoms with van der Waals surface area (Å²) >= 11 is 0. The molecular weight excluding hydrogens is 670 g/mol. The van der Waals surface area contributed by atoms with Gasteiger partial charge in [0.15, 0.2) is 23.6 Å². The number of aliphatic hydroxyl groups is 4. The first-order valence-corrected chi connectivity index (χ1v) is 17.4. The van der Waals surface area contributed by atoms with Crippen LogP contribution in [0.2, 0.25) is 0 Å². The number of fused-ring (bicyclic) bond motifs is 5. The molecule has 0 aromatic carbocycles. The van der Waals surface area contributed by atoms with E-state index in [1.54, 1.807) is 34.6 Å². The summed E-state index contributed by atoms with van der Waals surface area (Å²) in [5, 5.41) is 50.7. The van der Waals surface area contributed by atoms with E-state index in [9.17, 15) is 44.4 Å². The average molecular weight is 726 g/mol. The van der Waals surface area contributed by atoms with Crippen LogP contribution < -0.4 is 5.32 Å². The molecule has 0 aromatic rings. The molecule has 0 aromatic heterocycles. The standard InChI is InChI=1S/C36H55NO14/c1-16(2)12-20(37-31(45)51-32(6,7)8)25(41)30(44)49-21-14-36(46)29(43)27-34(11,22(40)13-23-35(27,15-47-23)50-19(5)39)28(42)26(48-18(4)38)24(17(21)3)33(36,9)10/h16,20-23,25-27,29,40-41,43,46H,12-15H2,1-11H3,(H,37,45)/t20?,21-,22?,23?,25?,26?,27?,29-,34?,35-,36?/m0/s1. The van der Waals surface area contributed by atoms with Gasteiger partial charge in [-0.05, 0) is 58.1 Å². The van der Waals surface area contributed by atoms with Gasteiger partial charge >= 0.3 is 24.0 Å². The molecular formula is C36H55NO14. The molecule has 8 unspecified atom stereocenters. The number of carbonyl (C=O) groups excluding carboxylic acids is 5. The van der Waals surface area contributed by atoms with Gasteiger partial charge in [-0.1, -0.05) is 27.7 Å². The van der Waals surface area contributed by atoms with E-state index in [1.165, 1.54) is 13.8 Å². The van der Waals surface area contributed by atoms with Crippen LogP contribution in [0.25, 0.3) is 0 Å². The Balaban J connectivity index is 1.85. The summed E-state index contributed by atoms with van der Waals surface area (Å²) < 4.78 is 28.4. The van der Waals surface area contributed by atoms with Crippen molar-refractivity contribution in [3.05, 3.63) is 11.1 Å². The molecule has 1 saturated heterocycles. The van der Waals surface area contributed by atoms with Gasteiger partial charge < -0.3 is 49.4 Å². The molecule has 288 valence electrons. The molecule has 1 amide bonds. The second kappa shape index (κ2) is 13.7. The number of ketones is 1. The highest BCUT2D eigenvalue weighted by Gasteiger charge is 2.77. The van der Waals surface area contributed by atoms with E-state index in [1.807, 2.05) is 13.8 Å². The lowest BCUT2D eigenvalue weighted by atomic mass is 9.44. The number of alkyl carbamates (subject to hydrolysis) is 1. The van der Waals surface area contributed by atoms with E-state index < -0.39 is 112 Å². The minimum atomic E-state index is -2.29. The van der Waals surface area contributed by atoms with Crippen LogP contribution in [0, 0.1) is 22.7 Å². The second-order valence-corrected chi connectivity index (χ2v) is 16.8. The van der Waals surface area contributed by atoms with Crippen LogP contribution in [-0.4, -0.2) is 116 Å². The predicted molar refractivity (Wildman–Crippen MR) is 178 cm³/mol. The van der Waals surface area contributed by atoms with Crippen LogP contribution in [0.15, 0.2) is 11.1 Å². The van der Waals surface area contributed by atoms with Crippen LogP contribution in [0.3, 0.4) is 0 Å². The number of ether oxygens (including phenoxy) is 5. The molecule has 15 heteroatoms. The molecule has 0 radical (unpaired) electrons. The first-order chi connectivity index (χ1) is 23.2. The molecule has 51 heavy (non-hydrogen) atoms. The van der Waals surface area contributed by atoms with Crippen LogP contribution >= 0.6 is 0 Å². The third-order valence-electron chi connectivity index (χ3n) is 11.3. The van der Waals surface area contributed by atoms with Crippen LogP contribution in [-0.2, 0) is 42.9 Å². The monoisotopic (exact) mass is 725 g/mol. The summed E-state index contributed by atoms with van der Waals surface area (Å²) in [6.07, 6.45) is -10.7. The van der Waals surface area contributed by atoms with Crippen molar-refractivity contribution in [3.8, 4) is 0 Å². The van der Waals surface area contributed by atoms with Crippen molar-refractivity contribution in [3.63, 3.8) is 0 Å². The molecule has 2 saturated carbocycles. The zero-order valence-corrected chi connectivity index (χ0v) is 31.4. The Morgan fingerprint density at radius 3 is 2.14 bits per heavy atom. The van der Waals surface area contributed by atoms with Crippen molar-refractivity contribution in [2.24, 2.45) is 22.7 Å². The Morgan fingerprint density at radius 2 is 1.65 bits per heavy atom. The van der Waals surface area contributed by atoms with E-state index in [-0.39, 0.29) is 36.5 Å².